The van der Waals surface area contributed by atoms with E-state index in [9.17, 15) is 9.59 Å². The number of rotatable bonds is 4. The van der Waals surface area contributed by atoms with Crippen molar-refractivity contribution in [2.75, 3.05) is 7.05 Å². The van der Waals surface area contributed by atoms with Crippen molar-refractivity contribution in [3.63, 3.8) is 0 Å². The topological polar surface area (TPSA) is 75.7 Å². The Morgan fingerprint density at radius 2 is 2.00 bits per heavy atom. The Kier molecular flexibility index (Phi) is 3.88. The molecular formula is C15H18N2O4. The summed E-state index contributed by atoms with van der Waals surface area (Å²) >= 11 is 0. The number of nitrogens with zero attached hydrogens (tertiary/aromatic N) is 2. The number of carboxylic acid groups (broad SMARTS) is 1. The van der Waals surface area contributed by atoms with Crippen LogP contribution in [0.25, 0.3) is 0 Å². The van der Waals surface area contributed by atoms with E-state index in [0.29, 0.717) is 17.2 Å². The largest absolute Gasteiger partial charge is 0.478 e. The fourth-order valence-corrected chi connectivity index (χ4v) is 2.16. The highest BCUT2D eigenvalue weighted by Gasteiger charge is 2.19. The first-order valence-electron chi connectivity index (χ1n) is 6.51. The van der Waals surface area contributed by atoms with Gasteiger partial charge in [0, 0.05) is 19.8 Å². The number of aryl methyl sites for hydroxylation is 2. The second kappa shape index (κ2) is 5.47. The molecule has 2 heterocycles. The van der Waals surface area contributed by atoms with Gasteiger partial charge in [0.2, 0.25) is 0 Å². The van der Waals surface area contributed by atoms with E-state index >= 15 is 0 Å². The van der Waals surface area contributed by atoms with Gasteiger partial charge in [-0.3, -0.25) is 4.79 Å². The second-order valence-corrected chi connectivity index (χ2v) is 5.07. The van der Waals surface area contributed by atoms with Gasteiger partial charge < -0.3 is 19.0 Å². The average Bonchev–Trinajstić information content (AvgIpc) is 2.93. The van der Waals surface area contributed by atoms with Crippen LogP contribution in [0, 0.1) is 13.8 Å². The van der Waals surface area contributed by atoms with Crippen LogP contribution in [-0.4, -0.2) is 33.5 Å². The van der Waals surface area contributed by atoms with Crippen LogP contribution in [0.4, 0.5) is 0 Å². The summed E-state index contributed by atoms with van der Waals surface area (Å²) in [4.78, 5) is 24.8. The molecule has 0 radical (unpaired) electrons. The molecule has 0 bridgehead atoms. The molecule has 0 fully saturated rings. The summed E-state index contributed by atoms with van der Waals surface area (Å²) in [6.45, 7) is 3.73. The van der Waals surface area contributed by atoms with Gasteiger partial charge in [-0.25, -0.2) is 4.79 Å². The molecule has 2 aromatic heterocycles. The van der Waals surface area contributed by atoms with Crippen LogP contribution in [0.15, 0.2) is 22.6 Å². The monoisotopic (exact) mass is 290 g/mol. The van der Waals surface area contributed by atoms with E-state index in [0.717, 1.165) is 5.69 Å². The van der Waals surface area contributed by atoms with E-state index in [4.69, 9.17) is 9.52 Å². The summed E-state index contributed by atoms with van der Waals surface area (Å²) in [5, 5.41) is 9.00. The zero-order valence-electron chi connectivity index (χ0n) is 12.5. The molecule has 6 nitrogen and oxygen atoms in total. The lowest BCUT2D eigenvalue weighted by atomic mass is 10.2. The van der Waals surface area contributed by atoms with Gasteiger partial charge >= 0.3 is 5.97 Å². The summed E-state index contributed by atoms with van der Waals surface area (Å²) in [6.07, 6.45) is 0. The Bertz CT molecular complexity index is 697. The van der Waals surface area contributed by atoms with Gasteiger partial charge in [0.05, 0.1) is 6.54 Å². The SMILES string of the molecule is Cc1oc(CN(C)C(=O)c2ccc(C)n2C)cc1C(=O)O. The minimum Gasteiger partial charge on any atom is -0.478 e. The van der Waals surface area contributed by atoms with Crippen LogP contribution >= 0.6 is 0 Å². The number of amides is 1. The number of hydrogen-bond acceptors (Lipinski definition) is 3. The van der Waals surface area contributed by atoms with Gasteiger partial charge in [0.1, 0.15) is 22.8 Å². The zero-order valence-corrected chi connectivity index (χ0v) is 12.5. The minimum absolute atomic E-state index is 0.126. The quantitative estimate of drug-likeness (QED) is 0.936. The lowest BCUT2D eigenvalue weighted by Crippen LogP contribution is -2.27. The smallest absolute Gasteiger partial charge is 0.339 e. The minimum atomic E-state index is -1.03. The number of furan rings is 1. The maximum absolute atomic E-state index is 12.4. The molecule has 0 aromatic carbocycles. The number of aromatic carboxylic acids is 1. The molecule has 0 saturated heterocycles. The Balaban J connectivity index is 2.16. The average molecular weight is 290 g/mol. The molecule has 2 rings (SSSR count). The maximum atomic E-state index is 12.4. The van der Waals surface area contributed by atoms with Crippen LogP contribution in [0.5, 0.6) is 0 Å². The van der Waals surface area contributed by atoms with Crippen molar-refractivity contribution in [2.45, 2.75) is 20.4 Å². The Labute approximate surface area is 122 Å². The second-order valence-electron chi connectivity index (χ2n) is 5.07. The number of carboxylic acids is 1. The molecule has 0 atom stereocenters. The molecule has 2 aromatic rings. The molecule has 0 aliphatic heterocycles. The van der Waals surface area contributed by atoms with Crippen LogP contribution in [-0.2, 0) is 13.6 Å². The highest BCUT2D eigenvalue weighted by atomic mass is 16.4. The van der Waals surface area contributed by atoms with E-state index < -0.39 is 5.97 Å². The van der Waals surface area contributed by atoms with E-state index in [1.54, 1.807) is 20.0 Å². The first kappa shape index (κ1) is 14.9. The normalized spacial score (nSPS) is 10.7. The highest BCUT2D eigenvalue weighted by Crippen LogP contribution is 2.17. The summed E-state index contributed by atoms with van der Waals surface area (Å²) < 4.78 is 7.20. The molecule has 0 aliphatic rings. The molecule has 0 spiro atoms. The molecule has 6 heteroatoms. The Morgan fingerprint density at radius 1 is 1.33 bits per heavy atom. The third kappa shape index (κ3) is 2.84. The standard InChI is InChI=1S/C15H18N2O4/c1-9-5-6-13(17(9)4)14(18)16(3)8-11-7-12(15(19)20)10(2)21-11/h5-7H,8H2,1-4H3,(H,19,20). The molecule has 0 unspecified atom stereocenters. The molecule has 1 amide bonds. The lowest BCUT2D eigenvalue weighted by Gasteiger charge is -2.16. The number of carbonyl (C=O) groups excluding carboxylic acids is 1. The van der Waals surface area contributed by atoms with Crippen LogP contribution < -0.4 is 0 Å². The summed E-state index contributed by atoms with van der Waals surface area (Å²) in [7, 11) is 3.49. The molecular weight excluding hydrogens is 272 g/mol. The Hall–Kier alpha value is -2.50. The van der Waals surface area contributed by atoms with Gasteiger partial charge in [-0.2, -0.15) is 0 Å². The van der Waals surface area contributed by atoms with Gasteiger partial charge in [-0.1, -0.05) is 0 Å². The summed E-state index contributed by atoms with van der Waals surface area (Å²) in [6, 6.07) is 5.10. The van der Waals surface area contributed by atoms with Crippen LogP contribution in [0.3, 0.4) is 0 Å². The van der Waals surface area contributed by atoms with Gasteiger partial charge in [0.25, 0.3) is 5.91 Å². The van der Waals surface area contributed by atoms with Crippen molar-refractivity contribution in [3.8, 4) is 0 Å². The molecule has 1 N–H and O–H groups in total. The third-order valence-electron chi connectivity index (χ3n) is 3.53. The summed E-state index contributed by atoms with van der Waals surface area (Å²) in [5.41, 5.74) is 1.70. The molecule has 0 saturated carbocycles. The molecule has 112 valence electrons. The predicted molar refractivity (Wildman–Crippen MR) is 76.4 cm³/mol. The number of aromatic nitrogens is 1. The van der Waals surface area contributed by atoms with E-state index in [1.165, 1.54) is 11.0 Å². The first-order valence-corrected chi connectivity index (χ1v) is 6.51. The van der Waals surface area contributed by atoms with E-state index in [1.807, 2.05) is 24.6 Å². The number of carbonyl (C=O) groups is 2. The maximum Gasteiger partial charge on any atom is 0.339 e. The van der Waals surface area contributed by atoms with Gasteiger partial charge in [-0.05, 0) is 32.0 Å². The van der Waals surface area contributed by atoms with Crippen molar-refractivity contribution < 1.29 is 19.1 Å². The highest BCUT2D eigenvalue weighted by molar-refractivity contribution is 5.93. The third-order valence-corrected chi connectivity index (χ3v) is 3.53. The van der Waals surface area contributed by atoms with Crippen molar-refractivity contribution >= 4 is 11.9 Å². The van der Waals surface area contributed by atoms with Crippen molar-refractivity contribution in [3.05, 3.63) is 46.7 Å². The fraction of sp³-hybridized carbons (Fsp3) is 0.333. The lowest BCUT2D eigenvalue weighted by molar-refractivity contribution is 0.0694. The van der Waals surface area contributed by atoms with Gasteiger partial charge in [0.15, 0.2) is 0 Å². The number of hydrogen-bond donors (Lipinski definition) is 1. The van der Waals surface area contributed by atoms with E-state index in [-0.39, 0.29) is 18.0 Å². The Morgan fingerprint density at radius 3 is 2.48 bits per heavy atom. The van der Waals surface area contributed by atoms with Crippen molar-refractivity contribution in [1.82, 2.24) is 9.47 Å². The van der Waals surface area contributed by atoms with Crippen molar-refractivity contribution in [2.24, 2.45) is 7.05 Å². The van der Waals surface area contributed by atoms with E-state index in [2.05, 4.69) is 0 Å². The van der Waals surface area contributed by atoms with Crippen molar-refractivity contribution in [1.29, 1.82) is 0 Å². The van der Waals surface area contributed by atoms with Crippen LogP contribution in [0.1, 0.15) is 38.1 Å². The molecule has 21 heavy (non-hydrogen) atoms. The summed E-state index contributed by atoms with van der Waals surface area (Å²) in [5.74, 6) is -0.384. The zero-order chi connectivity index (χ0) is 15.7. The predicted octanol–water partition coefficient (Wildman–Crippen LogP) is 2.21. The fourth-order valence-electron chi connectivity index (χ4n) is 2.16. The van der Waals surface area contributed by atoms with Crippen LogP contribution in [0.2, 0.25) is 0 Å². The first-order chi connectivity index (χ1) is 9.81. The molecule has 0 aliphatic carbocycles. The van der Waals surface area contributed by atoms with Gasteiger partial charge in [-0.15, -0.1) is 0 Å².